The Morgan fingerprint density at radius 3 is 1.96 bits per heavy atom. The van der Waals surface area contributed by atoms with E-state index in [4.69, 9.17) is 16.3 Å². The number of benzene rings is 2. The number of rotatable bonds is 11. The molecule has 1 fully saturated rings. The highest BCUT2D eigenvalue weighted by Crippen LogP contribution is 2.39. The number of nitrogens with zero attached hydrogens (tertiary/aromatic N) is 4. The van der Waals surface area contributed by atoms with Gasteiger partial charge in [-0.1, -0.05) is 32.8 Å². The number of guanidine groups is 1. The Labute approximate surface area is 261 Å². The molecule has 0 amide bonds. The fraction of sp³-hybridized carbons (Fsp3) is 0.567. The highest BCUT2D eigenvalue weighted by Gasteiger charge is 2.38. The first-order valence-corrected chi connectivity index (χ1v) is 14.7. The van der Waals surface area contributed by atoms with E-state index >= 15 is 0 Å². The third-order valence-corrected chi connectivity index (χ3v) is 7.75. The Morgan fingerprint density at radius 1 is 0.891 bits per heavy atom. The number of hydrogen-bond donors (Lipinski definition) is 2. The van der Waals surface area contributed by atoms with Crippen LogP contribution in [0.3, 0.4) is 0 Å². The van der Waals surface area contributed by atoms with E-state index in [1.54, 1.807) is 0 Å². The Bertz CT molecular complexity index is 1290. The second-order valence-electron chi connectivity index (χ2n) is 11.4. The fourth-order valence-electron chi connectivity index (χ4n) is 5.59. The molecule has 2 aromatic rings. The Morgan fingerprint density at radius 2 is 1.46 bits per heavy atom. The quantitative estimate of drug-likeness (QED) is 0.0883. The molecular weight excluding hydrogens is 631 g/mol. The van der Waals surface area contributed by atoms with Crippen LogP contribution in [0.5, 0.6) is 0 Å². The number of unbranched alkanes of at least 4 members (excludes halogenated alkanes) is 1. The van der Waals surface area contributed by atoms with E-state index in [-0.39, 0.29) is 23.6 Å². The molecule has 3 rings (SSSR count). The van der Waals surface area contributed by atoms with Gasteiger partial charge < -0.3 is 15.4 Å². The van der Waals surface area contributed by atoms with Crippen LogP contribution in [0.25, 0.3) is 0 Å². The smallest absolute Gasteiger partial charge is 0.379 e. The zero-order chi connectivity index (χ0) is 34.4. The predicted molar refractivity (Wildman–Crippen MR) is 155 cm³/mol. The van der Waals surface area contributed by atoms with Crippen LogP contribution in [-0.2, 0) is 36.4 Å². The summed E-state index contributed by atoms with van der Waals surface area (Å²) in [5, 5.41) is 4.63. The van der Waals surface area contributed by atoms with Crippen molar-refractivity contribution in [2.24, 2.45) is 22.6 Å². The molecular formula is C30H39F9N6O. The molecule has 0 bridgehead atoms. The lowest BCUT2D eigenvalue weighted by molar-refractivity contribution is -0.143. The Kier molecular flexibility index (Phi) is 12.2. The van der Waals surface area contributed by atoms with Crippen molar-refractivity contribution in [1.29, 1.82) is 0 Å². The summed E-state index contributed by atoms with van der Waals surface area (Å²) in [5.41, 5.74) is 2.31. The molecule has 2 aromatic carbocycles. The van der Waals surface area contributed by atoms with E-state index in [1.807, 2.05) is 13.8 Å². The molecule has 0 aromatic heterocycles. The minimum Gasteiger partial charge on any atom is -0.379 e. The maximum absolute atomic E-state index is 14.0. The van der Waals surface area contributed by atoms with Gasteiger partial charge in [-0.25, -0.2) is 11.0 Å². The van der Waals surface area contributed by atoms with Crippen molar-refractivity contribution in [3.05, 3.63) is 69.8 Å². The lowest BCUT2D eigenvalue weighted by Gasteiger charge is -2.40. The summed E-state index contributed by atoms with van der Waals surface area (Å²) >= 11 is 0. The first-order valence-electron chi connectivity index (χ1n) is 14.7. The molecule has 0 saturated carbocycles. The lowest BCUT2D eigenvalue weighted by atomic mass is 9.85. The zero-order valence-corrected chi connectivity index (χ0v) is 25.7. The van der Waals surface area contributed by atoms with Crippen molar-refractivity contribution in [1.82, 2.24) is 14.9 Å². The van der Waals surface area contributed by atoms with Crippen LogP contribution in [0.1, 0.15) is 72.5 Å². The molecule has 0 radical (unpaired) electrons. The number of alkyl halides is 9. The Balaban J connectivity index is 2.20. The number of hydrazine groups is 1. The summed E-state index contributed by atoms with van der Waals surface area (Å²) in [6.45, 7) is 4.79. The minimum atomic E-state index is -5.10. The molecule has 0 spiro atoms. The normalized spacial score (nSPS) is 16.8. The van der Waals surface area contributed by atoms with Gasteiger partial charge in [-0.05, 0) is 59.4 Å². The minimum absolute atomic E-state index is 0.00548. The summed E-state index contributed by atoms with van der Waals surface area (Å²) in [4.78, 5) is 3.22. The van der Waals surface area contributed by atoms with Gasteiger partial charge in [0, 0.05) is 39.3 Å². The van der Waals surface area contributed by atoms with Gasteiger partial charge in [0.15, 0.2) is 0 Å². The highest BCUT2D eigenvalue weighted by atomic mass is 19.4. The largest absolute Gasteiger partial charge is 0.416 e. The second-order valence-corrected chi connectivity index (χ2v) is 11.4. The summed E-state index contributed by atoms with van der Waals surface area (Å²) in [7, 11) is 1.27. The van der Waals surface area contributed by atoms with E-state index in [9.17, 15) is 39.5 Å². The topological polar surface area (TPSA) is 83.3 Å². The maximum atomic E-state index is 14.0. The first kappa shape index (κ1) is 37.2. The van der Waals surface area contributed by atoms with E-state index in [0.717, 1.165) is 41.4 Å². The van der Waals surface area contributed by atoms with Crippen LogP contribution < -0.4 is 11.6 Å². The highest BCUT2D eigenvalue weighted by molar-refractivity contribution is 5.78. The molecule has 7 nitrogen and oxygen atoms in total. The van der Waals surface area contributed by atoms with Crippen molar-refractivity contribution in [2.45, 2.75) is 70.8 Å². The Hall–Kier alpha value is -3.24. The molecule has 4 N–H and O–H groups in total. The number of hydrazone groups is 1. The van der Waals surface area contributed by atoms with Gasteiger partial charge in [0.2, 0.25) is 5.96 Å². The average molecular weight is 671 g/mol. The number of hydrogen-bond acceptors (Lipinski definition) is 5. The van der Waals surface area contributed by atoms with E-state index in [1.165, 1.54) is 13.1 Å². The zero-order valence-electron chi connectivity index (χ0n) is 25.7. The molecule has 16 heteroatoms. The molecule has 46 heavy (non-hydrogen) atoms. The van der Waals surface area contributed by atoms with Gasteiger partial charge in [-0.3, -0.25) is 4.90 Å². The van der Waals surface area contributed by atoms with Gasteiger partial charge in [0.25, 0.3) is 0 Å². The van der Waals surface area contributed by atoms with Gasteiger partial charge >= 0.3 is 18.5 Å². The van der Waals surface area contributed by atoms with Crippen LogP contribution in [0, 0.1) is 5.92 Å². The van der Waals surface area contributed by atoms with Crippen LogP contribution in [-0.4, -0.2) is 54.2 Å². The molecule has 258 valence electrons. The lowest BCUT2D eigenvalue weighted by Crippen LogP contribution is -2.43. The summed E-state index contributed by atoms with van der Waals surface area (Å²) in [5.74, 6) is 5.14. The van der Waals surface area contributed by atoms with Crippen molar-refractivity contribution in [3.8, 4) is 0 Å². The summed E-state index contributed by atoms with van der Waals surface area (Å²) in [6, 6.07) is 4.00. The molecule has 1 saturated heterocycles. The molecule has 1 aliphatic heterocycles. The standard InChI is InChI=1S/C30H39F9N6O/c1-4-5-6-19(2)26(44-9-11-46-12-10-44)25-8-7-22(28(31,32)33)15-21(25)18-45(27(40)42-43(3)41)17-20-13-23(29(34,35)36)16-24(14-20)30(37,38)39/h7-8,13-16,19,26H,4-6,9-12,17-18,41H2,1-3H3,(H2,40,42). The summed E-state index contributed by atoms with van der Waals surface area (Å²) in [6.07, 6.45) is -12.4. The van der Waals surface area contributed by atoms with Crippen LogP contribution in [0.4, 0.5) is 39.5 Å². The van der Waals surface area contributed by atoms with E-state index < -0.39 is 59.8 Å². The van der Waals surface area contributed by atoms with Crippen molar-refractivity contribution in [3.63, 3.8) is 0 Å². The number of ether oxygens (including phenoxy) is 1. The van der Waals surface area contributed by atoms with E-state index in [0.29, 0.717) is 44.0 Å². The molecule has 2 atom stereocenters. The van der Waals surface area contributed by atoms with Crippen LogP contribution in [0.2, 0.25) is 0 Å². The van der Waals surface area contributed by atoms with Gasteiger partial charge in [0.05, 0.1) is 29.9 Å². The molecule has 2 unspecified atom stereocenters. The van der Waals surface area contributed by atoms with Crippen molar-refractivity contribution >= 4 is 5.96 Å². The van der Waals surface area contributed by atoms with Gasteiger partial charge in [-0.15, -0.1) is 5.10 Å². The van der Waals surface area contributed by atoms with Gasteiger partial charge in [-0.2, -0.15) is 39.5 Å². The third-order valence-electron chi connectivity index (χ3n) is 7.75. The van der Waals surface area contributed by atoms with Gasteiger partial charge in [0.1, 0.15) is 0 Å². The molecule has 1 heterocycles. The predicted octanol–water partition coefficient (Wildman–Crippen LogP) is 6.98. The SMILES string of the molecule is CCCCC(C)C(c1ccc(C(F)(F)F)cc1CN(Cc1cc(C(F)(F)F)cc(C(F)(F)F)c1)/C(N)=N/N(C)N)N1CCOCC1. The average Bonchev–Trinajstić information content (AvgIpc) is 2.95. The van der Waals surface area contributed by atoms with Crippen LogP contribution in [0.15, 0.2) is 41.5 Å². The number of halogens is 9. The third kappa shape index (κ3) is 10.1. The van der Waals surface area contributed by atoms with Crippen LogP contribution >= 0.6 is 0 Å². The first-order chi connectivity index (χ1) is 21.3. The monoisotopic (exact) mass is 670 g/mol. The molecule has 0 aliphatic carbocycles. The summed E-state index contributed by atoms with van der Waals surface area (Å²) < 4.78 is 129. The fourth-order valence-corrected chi connectivity index (χ4v) is 5.59. The van der Waals surface area contributed by atoms with E-state index in [2.05, 4.69) is 10.0 Å². The second kappa shape index (κ2) is 15.1. The van der Waals surface area contributed by atoms with Crippen molar-refractivity contribution < 1.29 is 44.3 Å². The number of nitrogens with two attached hydrogens (primary N) is 2. The number of morpholine rings is 1. The van der Waals surface area contributed by atoms with Crippen molar-refractivity contribution in [2.75, 3.05) is 33.4 Å². The molecule has 1 aliphatic rings. The maximum Gasteiger partial charge on any atom is 0.416 e.